The van der Waals surface area contributed by atoms with Crippen molar-refractivity contribution in [2.24, 2.45) is 17.1 Å². The number of hydrogen-bond acceptors (Lipinski definition) is 5. The molecule has 7 heteroatoms. The van der Waals surface area contributed by atoms with Gasteiger partial charge < -0.3 is 20.9 Å². The normalized spacial score (nSPS) is 29.0. The van der Waals surface area contributed by atoms with Crippen molar-refractivity contribution >= 4 is 5.91 Å². The first kappa shape index (κ1) is 22.0. The van der Waals surface area contributed by atoms with Crippen molar-refractivity contribution in [1.29, 1.82) is 0 Å². The monoisotopic (exact) mass is 407 g/mol. The molecule has 1 aromatic carbocycles. The number of piperidine rings is 1. The number of hydrogen-bond donors (Lipinski definition) is 3. The number of aliphatic hydroxyl groups is 1. The molecule has 1 heterocycles. The molecule has 1 saturated carbocycles. The average Bonchev–Trinajstić information content (AvgIpc) is 2.96. The minimum Gasteiger partial charge on any atom is -0.487 e. The quantitative estimate of drug-likeness (QED) is 0.694. The van der Waals surface area contributed by atoms with Gasteiger partial charge in [-0.1, -0.05) is 26.8 Å². The van der Waals surface area contributed by atoms with Crippen molar-refractivity contribution < 1.29 is 19.0 Å². The smallest absolute Gasteiger partial charge is 0.234 e. The van der Waals surface area contributed by atoms with Crippen molar-refractivity contribution in [3.05, 3.63) is 30.1 Å². The Hall–Kier alpha value is -1.70. The summed E-state index contributed by atoms with van der Waals surface area (Å²) in [6, 6.07) is 5.41. The number of benzene rings is 1. The van der Waals surface area contributed by atoms with E-state index in [2.05, 4.69) is 31.0 Å². The van der Waals surface area contributed by atoms with E-state index in [0.717, 1.165) is 25.9 Å². The predicted molar refractivity (Wildman–Crippen MR) is 110 cm³/mol. The van der Waals surface area contributed by atoms with Crippen molar-refractivity contribution in [2.45, 2.75) is 64.3 Å². The maximum atomic E-state index is 13.5. The first-order valence-electron chi connectivity index (χ1n) is 10.5. The van der Waals surface area contributed by atoms with E-state index in [1.165, 1.54) is 12.1 Å². The molecule has 1 saturated heterocycles. The maximum Gasteiger partial charge on any atom is 0.234 e. The van der Waals surface area contributed by atoms with Gasteiger partial charge in [0.15, 0.2) is 0 Å². The van der Waals surface area contributed by atoms with Crippen molar-refractivity contribution in [3.8, 4) is 5.75 Å². The number of nitrogens with two attached hydrogens (primary N) is 1. The number of halogens is 1. The summed E-state index contributed by atoms with van der Waals surface area (Å²) >= 11 is 0. The summed E-state index contributed by atoms with van der Waals surface area (Å²) in [6.07, 6.45) is 1.25. The summed E-state index contributed by atoms with van der Waals surface area (Å²) in [5.41, 5.74) is 5.75. The number of amides is 1. The van der Waals surface area contributed by atoms with Gasteiger partial charge in [-0.15, -0.1) is 0 Å². The van der Waals surface area contributed by atoms with E-state index >= 15 is 0 Å². The lowest BCUT2D eigenvalue weighted by Gasteiger charge is -2.43. The molecule has 2 fully saturated rings. The minimum atomic E-state index is -0.785. The zero-order chi connectivity index (χ0) is 21.2. The Balaban J connectivity index is 1.73. The van der Waals surface area contributed by atoms with Gasteiger partial charge in [-0.2, -0.15) is 0 Å². The summed E-state index contributed by atoms with van der Waals surface area (Å²) in [7, 11) is 0. The molecule has 4 N–H and O–H groups in total. The second-order valence-electron chi connectivity index (χ2n) is 9.38. The van der Waals surface area contributed by atoms with E-state index in [4.69, 9.17) is 10.5 Å². The Bertz CT molecular complexity index is 701. The van der Waals surface area contributed by atoms with Gasteiger partial charge in [-0.05, 0) is 49.4 Å². The lowest BCUT2D eigenvalue weighted by Crippen LogP contribution is -2.56. The third kappa shape index (κ3) is 5.27. The first-order chi connectivity index (χ1) is 13.7. The molecule has 0 aromatic heterocycles. The fourth-order valence-corrected chi connectivity index (χ4v) is 4.76. The topological polar surface area (TPSA) is 87.8 Å². The third-order valence-electron chi connectivity index (χ3n) is 6.42. The standard InChI is InChI=1S/C22H34FN3O3/c1-22(2,3)14-7-9-26(10-8-14)20-17(25-19(27)13-24)12-18(21(20)28)29-16-6-4-5-15(23)11-16/h4-6,11,14,17-18,20-21,28H,7-10,12-13,24H2,1-3H3,(H,25,27)/t17-,18-,20+,21+/m1/s1. The fraction of sp³-hybridized carbons (Fsp3) is 0.682. The van der Waals surface area contributed by atoms with E-state index in [1.54, 1.807) is 12.1 Å². The van der Waals surface area contributed by atoms with Crippen molar-refractivity contribution in [3.63, 3.8) is 0 Å². The van der Waals surface area contributed by atoms with Gasteiger partial charge in [0.1, 0.15) is 23.8 Å². The molecule has 3 rings (SSSR count). The molecule has 1 aliphatic carbocycles. The molecule has 0 spiro atoms. The van der Waals surface area contributed by atoms with E-state index < -0.39 is 12.2 Å². The zero-order valence-electron chi connectivity index (χ0n) is 17.6. The molecule has 2 aliphatic rings. The Labute approximate surface area is 172 Å². The van der Waals surface area contributed by atoms with E-state index in [1.807, 2.05) is 0 Å². The van der Waals surface area contributed by atoms with E-state index in [0.29, 0.717) is 18.1 Å². The lowest BCUT2D eigenvalue weighted by atomic mass is 9.75. The second kappa shape index (κ2) is 8.98. The Morgan fingerprint density at radius 2 is 2.03 bits per heavy atom. The number of carbonyl (C=O) groups excluding carboxylic acids is 1. The van der Waals surface area contributed by atoms with Gasteiger partial charge in [-0.3, -0.25) is 9.69 Å². The molecule has 0 bridgehead atoms. The minimum absolute atomic E-state index is 0.0964. The van der Waals surface area contributed by atoms with E-state index in [9.17, 15) is 14.3 Å². The molecule has 29 heavy (non-hydrogen) atoms. The molecule has 6 nitrogen and oxygen atoms in total. The van der Waals surface area contributed by atoms with Gasteiger partial charge >= 0.3 is 0 Å². The van der Waals surface area contributed by atoms with Crippen LogP contribution in [0.5, 0.6) is 5.75 Å². The van der Waals surface area contributed by atoms with Crippen LogP contribution in [0.2, 0.25) is 0 Å². The van der Waals surface area contributed by atoms with Crippen LogP contribution in [0.4, 0.5) is 4.39 Å². The molecule has 0 radical (unpaired) electrons. The summed E-state index contributed by atoms with van der Waals surface area (Å²) < 4.78 is 19.4. The van der Waals surface area contributed by atoms with Crippen LogP contribution in [-0.2, 0) is 4.79 Å². The van der Waals surface area contributed by atoms with Gasteiger partial charge in [0.2, 0.25) is 5.91 Å². The summed E-state index contributed by atoms with van der Waals surface area (Å²) in [5, 5.41) is 14.0. The van der Waals surface area contributed by atoms with Crippen molar-refractivity contribution in [2.75, 3.05) is 19.6 Å². The molecule has 0 unspecified atom stereocenters. The number of carbonyl (C=O) groups is 1. The first-order valence-corrected chi connectivity index (χ1v) is 10.5. The number of ether oxygens (including phenoxy) is 1. The zero-order valence-corrected chi connectivity index (χ0v) is 17.6. The van der Waals surface area contributed by atoms with Gasteiger partial charge in [0.05, 0.1) is 18.6 Å². The van der Waals surface area contributed by atoms with Crippen LogP contribution >= 0.6 is 0 Å². The molecule has 1 aromatic rings. The van der Waals surface area contributed by atoms with Crippen LogP contribution in [-0.4, -0.2) is 59.8 Å². The molecule has 1 amide bonds. The predicted octanol–water partition coefficient (Wildman–Crippen LogP) is 1.91. The number of nitrogens with zero attached hydrogens (tertiary/aromatic N) is 1. The number of nitrogens with one attached hydrogen (secondary N) is 1. The summed E-state index contributed by atoms with van der Waals surface area (Å²) in [4.78, 5) is 14.2. The number of likely N-dealkylation sites (tertiary alicyclic amines) is 1. The highest BCUT2D eigenvalue weighted by molar-refractivity contribution is 5.78. The van der Waals surface area contributed by atoms with Gasteiger partial charge in [-0.25, -0.2) is 4.39 Å². The highest BCUT2D eigenvalue weighted by Gasteiger charge is 2.48. The lowest BCUT2D eigenvalue weighted by molar-refractivity contribution is -0.121. The van der Waals surface area contributed by atoms with Crippen LogP contribution in [0.25, 0.3) is 0 Å². The molecule has 1 aliphatic heterocycles. The highest BCUT2D eigenvalue weighted by atomic mass is 19.1. The fourth-order valence-electron chi connectivity index (χ4n) is 4.76. The summed E-state index contributed by atoms with van der Waals surface area (Å²) in [6.45, 7) is 8.44. The van der Waals surface area contributed by atoms with Crippen LogP contribution in [0, 0.1) is 17.2 Å². The van der Waals surface area contributed by atoms with E-state index in [-0.39, 0.29) is 35.8 Å². The molecular formula is C22H34FN3O3. The Morgan fingerprint density at radius 3 is 2.62 bits per heavy atom. The SMILES string of the molecule is CC(C)(C)C1CCN([C@@H]2[C@@H](O)[C@H](Oc3cccc(F)c3)C[C@H]2NC(=O)CN)CC1. The second-order valence-corrected chi connectivity index (χ2v) is 9.38. The highest BCUT2D eigenvalue weighted by Crippen LogP contribution is 2.37. The largest absolute Gasteiger partial charge is 0.487 e. The van der Waals surface area contributed by atoms with Crippen LogP contribution < -0.4 is 15.8 Å². The third-order valence-corrected chi connectivity index (χ3v) is 6.42. The Morgan fingerprint density at radius 1 is 1.34 bits per heavy atom. The van der Waals surface area contributed by atoms with Gasteiger partial charge in [0, 0.05) is 12.5 Å². The average molecular weight is 408 g/mol. The van der Waals surface area contributed by atoms with Crippen molar-refractivity contribution in [1.82, 2.24) is 10.2 Å². The van der Waals surface area contributed by atoms with Crippen LogP contribution in [0.15, 0.2) is 24.3 Å². The molecular weight excluding hydrogens is 373 g/mol. The number of rotatable bonds is 5. The van der Waals surface area contributed by atoms with Gasteiger partial charge in [0.25, 0.3) is 0 Å². The molecule has 162 valence electrons. The number of aliphatic hydroxyl groups excluding tert-OH is 1. The molecule has 4 atom stereocenters. The Kier molecular flexibility index (Phi) is 6.81. The van der Waals surface area contributed by atoms with Crippen LogP contribution in [0.3, 0.4) is 0 Å². The maximum absolute atomic E-state index is 13.5. The van der Waals surface area contributed by atoms with Crippen LogP contribution in [0.1, 0.15) is 40.0 Å². The summed E-state index contributed by atoms with van der Waals surface area (Å²) in [5.74, 6) is 0.380.